The molecule has 1 aromatic rings. The standard InChI is InChI=1S/C21H29BrN2O3/c1-21(2,3)27-20(26)24-17-7-5-4-6-14(17)10-18(24)19(25)11-13-8-9-15(22)12-16(13)23/h8-9,12,14,17-18H,4-7,10-11,23H2,1-3H3/t14-,17-,18-/m0/s1. The molecule has 3 atom stereocenters. The van der Waals surface area contributed by atoms with Gasteiger partial charge in [-0.15, -0.1) is 0 Å². The lowest BCUT2D eigenvalue weighted by Gasteiger charge is -2.35. The van der Waals surface area contributed by atoms with Gasteiger partial charge in [-0.3, -0.25) is 9.69 Å². The highest BCUT2D eigenvalue weighted by molar-refractivity contribution is 9.10. The van der Waals surface area contributed by atoms with Gasteiger partial charge in [0.15, 0.2) is 5.78 Å². The molecule has 2 N–H and O–H groups in total. The molecule has 1 aromatic carbocycles. The highest BCUT2D eigenvalue weighted by Crippen LogP contribution is 2.41. The highest BCUT2D eigenvalue weighted by Gasteiger charge is 2.48. The number of carbonyl (C=O) groups is 2. The summed E-state index contributed by atoms with van der Waals surface area (Å²) in [7, 11) is 0. The molecule has 148 valence electrons. The van der Waals surface area contributed by atoms with E-state index in [1.54, 1.807) is 4.90 Å². The van der Waals surface area contributed by atoms with E-state index >= 15 is 0 Å². The maximum atomic E-state index is 13.2. The second-order valence-corrected chi connectivity index (χ2v) is 9.65. The number of halogens is 1. The van der Waals surface area contributed by atoms with E-state index in [0.29, 0.717) is 11.6 Å². The molecule has 2 fully saturated rings. The minimum Gasteiger partial charge on any atom is -0.444 e. The molecule has 27 heavy (non-hydrogen) atoms. The van der Waals surface area contributed by atoms with Gasteiger partial charge in [0.2, 0.25) is 0 Å². The molecule has 1 saturated carbocycles. The molecule has 0 spiro atoms. The normalized spacial score (nSPS) is 25.2. The number of hydrogen-bond donors (Lipinski definition) is 1. The molecule has 1 aliphatic heterocycles. The molecule has 5 nitrogen and oxygen atoms in total. The number of amides is 1. The van der Waals surface area contributed by atoms with E-state index in [0.717, 1.165) is 35.7 Å². The predicted octanol–water partition coefficient (Wildman–Crippen LogP) is 4.71. The third kappa shape index (κ3) is 4.65. The zero-order chi connectivity index (χ0) is 19.8. The highest BCUT2D eigenvalue weighted by atomic mass is 79.9. The molecule has 1 aliphatic carbocycles. The first-order valence-electron chi connectivity index (χ1n) is 9.73. The van der Waals surface area contributed by atoms with Crippen LogP contribution in [0.4, 0.5) is 10.5 Å². The van der Waals surface area contributed by atoms with Gasteiger partial charge in [-0.2, -0.15) is 0 Å². The van der Waals surface area contributed by atoms with Crippen molar-refractivity contribution in [3.05, 3.63) is 28.2 Å². The summed E-state index contributed by atoms with van der Waals surface area (Å²) in [6.45, 7) is 5.58. The van der Waals surface area contributed by atoms with Gasteiger partial charge in [0.1, 0.15) is 5.60 Å². The van der Waals surface area contributed by atoms with E-state index in [2.05, 4.69) is 15.9 Å². The number of anilines is 1. The van der Waals surface area contributed by atoms with E-state index in [1.165, 1.54) is 6.42 Å². The van der Waals surface area contributed by atoms with Gasteiger partial charge in [-0.1, -0.05) is 34.8 Å². The van der Waals surface area contributed by atoms with Crippen LogP contribution in [0.5, 0.6) is 0 Å². The molecular weight excluding hydrogens is 408 g/mol. The Kier molecular flexibility index (Phi) is 5.84. The summed E-state index contributed by atoms with van der Waals surface area (Å²) < 4.78 is 6.53. The number of likely N-dealkylation sites (tertiary alicyclic amines) is 1. The zero-order valence-electron chi connectivity index (χ0n) is 16.3. The van der Waals surface area contributed by atoms with Crippen molar-refractivity contribution in [2.24, 2.45) is 5.92 Å². The first-order chi connectivity index (χ1) is 12.7. The lowest BCUT2D eigenvalue weighted by Crippen LogP contribution is -2.48. The summed E-state index contributed by atoms with van der Waals surface area (Å²) in [4.78, 5) is 27.8. The number of Topliss-reactive ketones (excluding diaryl/α,β-unsaturated/α-hetero) is 1. The van der Waals surface area contributed by atoms with Crippen molar-refractivity contribution >= 4 is 33.5 Å². The molecule has 6 heteroatoms. The molecule has 1 saturated heterocycles. The second kappa shape index (κ2) is 7.82. The number of nitrogens with two attached hydrogens (primary N) is 1. The minimum atomic E-state index is -0.576. The van der Waals surface area contributed by atoms with E-state index in [1.807, 2.05) is 39.0 Å². The summed E-state index contributed by atoms with van der Waals surface area (Å²) in [6, 6.07) is 5.26. The van der Waals surface area contributed by atoms with Gasteiger partial charge in [-0.25, -0.2) is 4.79 Å². The van der Waals surface area contributed by atoms with Gasteiger partial charge in [0.25, 0.3) is 0 Å². The maximum Gasteiger partial charge on any atom is 0.411 e. The van der Waals surface area contributed by atoms with Crippen LogP contribution in [0.15, 0.2) is 22.7 Å². The Bertz CT molecular complexity index is 729. The molecule has 0 aromatic heterocycles. The fourth-order valence-corrected chi connectivity index (χ4v) is 4.74. The molecule has 0 bridgehead atoms. The summed E-state index contributed by atoms with van der Waals surface area (Å²) in [5, 5.41) is 0. The number of carbonyl (C=O) groups excluding carboxylic acids is 2. The van der Waals surface area contributed by atoms with E-state index in [-0.39, 0.29) is 24.3 Å². The molecular formula is C21H29BrN2O3. The quantitative estimate of drug-likeness (QED) is 0.696. The lowest BCUT2D eigenvalue weighted by atomic mass is 9.84. The fraction of sp³-hybridized carbons (Fsp3) is 0.619. The first-order valence-corrected chi connectivity index (χ1v) is 10.5. The Hall–Kier alpha value is -1.56. The Balaban J connectivity index is 1.81. The van der Waals surface area contributed by atoms with Crippen molar-refractivity contribution in [1.29, 1.82) is 0 Å². The summed E-state index contributed by atoms with van der Waals surface area (Å²) in [6.07, 6.45) is 4.91. The molecule has 0 unspecified atom stereocenters. The van der Waals surface area contributed by atoms with Crippen molar-refractivity contribution in [3.8, 4) is 0 Å². The monoisotopic (exact) mass is 436 g/mol. The van der Waals surface area contributed by atoms with Crippen LogP contribution in [0.3, 0.4) is 0 Å². The molecule has 1 amide bonds. The summed E-state index contributed by atoms with van der Waals surface area (Å²) >= 11 is 3.39. The molecule has 2 aliphatic rings. The Morgan fingerprint density at radius 2 is 1.96 bits per heavy atom. The average molecular weight is 437 g/mol. The van der Waals surface area contributed by atoms with E-state index in [9.17, 15) is 9.59 Å². The number of rotatable bonds is 3. The average Bonchev–Trinajstić information content (AvgIpc) is 2.95. The van der Waals surface area contributed by atoms with Gasteiger partial charge in [0, 0.05) is 22.6 Å². The number of fused-ring (bicyclic) bond motifs is 1. The van der Waals surface area contributed by atoms with Crippen molar-refractivity contribution in [1.82, 2.24) is 4.90 Å². The van der Waals surface area contributed by atoms with Crippen LogP contribution >= 0.6 is 15.9 Å². The first kappa shape index (κ1) is 20.2. The SMILES string of the molecule is CC(C)(C)OC(=O)N1[C@H](C(=O)Cc2ccc(Br)cc2N)C[C@@H]2CCCC[C@@H]21. The fourth-order valence-electron chi connectivity index (χ4n) is 4.36. The lowest BCUT2D eigenvalue weighted by molar-refractivity contribution is -0.123. The van der Waals surface area contributed by atoms with Crippen LogP contribution in [0, 0.1) is 5.92 Å². The van der Waals surface area contributed by atoms with Crippen LogP contribution in [0.25, 0.3) is 0 Å². The maximum absolute atomic E-state index is 13.2. The molecule has 1 heterocycles. The van der Waals surface area contributed by atoms with Crippen molar-refractivity contribution in [3.63, 3.8) is 0 Å². The number of benzene rings is 1. The Labute approximate surface area is 169 Å². The largest absolute Gasteiger partial charge is 0.444 e. The van der Waals surface area contributed by atoms with Crippen molar-refractivity contribution in [2.75, 3.05) is 5.73 Å². The Morgan fingerprint density at radius 1 is 1.26 bits per heavy atom. The number of nitrogens with zero attached hydrogens (tertiary/aromatic N) is 1. The van der Waals surface area contributed by atoms with Crippen LogP contribution in [0.1, 0.15) is 58.4 Å². The molecule has 0 radical (unpaired) electrons. The predicted molar refractivity (Wildman–Crippen MR) is 109 cm³/mol. The van der Waals surface area contributed by atoms with Gasteiger partial charge in [0.05, 0.1) is 6.04 Å². The number of nitrogen functional groups attached to an aromatic ring is 1. The summed E-state index contributed by atoms with van der Waals surface area (Å²) in [5.41, 5.74) is 6.90. The van der Waals surface area contributed by atoms with Crippen LogP contribution in [0.2, 0.25) is 0 Å². The zero-order valence-corrected chi connectivity index (χ0v) is 17.9. The van der Waals surface area contributed by atoms with Crippen molar-refractivity contribution < 1.29 is 14.3 Å². The third-order valence-corrected chi connectivity index (χ3v) is 6.03. The number of ether oxygens (including phenoxy) is 1. The second-order valence-electron chi connectivity index (χ2n) is 8.74. The number of ketones is 1. The van der Waals surface area contributed by atoms with Crippen LogP contribution in [-0.4, -0.2) is 34.5 Å². The van der Waals surface area contributed by atoms with Crippen LogP contribution in [-0.2, 0) is 16.0 Å². The van der Waals surface area contributed by atoms with Crippen LogP contribution < -0.4 is 5.73 Å². The molecule has 3 rings (SSSR count). The van der Waals surface area contributed by atoms with E-state index < -0.39 is 11.6 Å². The topological polar surface area (TPSA) is 72.6 Å². The van der Waals surface area contributed by atoms with Gasteiger partial charge >= 0.3 is 6.09 Å². The summed E-state index contributed by atoms with van der Waals surface area (Å²) in [5.74, 6) is 0.437. The van der Waals surface area contributed by atoms with E-state index in [4.69, 9.17) is 10.5 Å². The third-order valence-electron chi connectivity index (χ3n) is 5.54. The minimum absolute atomic E-state index is 0.0456. The number of hydrogen-bond acceptors (Lipinski definition) is 4. The Morgan fingerprint density at radius 3 is 2.63 bits per heavy atom. The van der Waals surface area contributed by atoms with Gasteiger partial charge in [-0.05, 0) is 63.6 Å². The van der Waals surface area contributed by atoms with Gasteiger partial charge < -0.3 is 10.5 Å². The van der Waals surface area contributed by atoms with Crippen molar-refractivity contribution in [2.45, 2.75) is 77.0 Å². The smallest absolute Gasteiger partial charge is 0.411 e.